The van der Waals surface area contributed by atoms with E-state index in [2.05, 4.69) is 10.9 Å². The molecule has 3 aromatic rings. The van der Waals surface area contributed by atoms with Crippen LogP contribution in [0.5, 0.6) is 0 Å². The number of para-hydroxylation sites is 1. The number of sulfonamides is 1. The lowest BCUT2D eigenvalue weighted by Gasteiger charge is -2.11. The van der Waals surface area contributed by atoms with Crippen molar-refractivity contribution in [3.8, 4) is 12.3 Å². The van der Waals surface area contributed by atoms with Gasteiger partial charge in [0.1, 0.15) is 0 Å². The molecule has 0 unspecified atom stereocenters. The third-order valence-corrected chi connectivity index (χ3v) is 6.80. The van der Waals surface area contributed by atoms with E-state index in [0.29, 0.717) is 16.9 Å². The minimum atomic E-state index is -3.54. The van der Waals surface area contributed by atoms with Crippen LogP contribution in [0.25, 0.3) is 10.2 Å². The van der Waals surface area contributed by atoms with Crippen molar-refractivity contribution in [2.75, 3.05) is 14.1 Å². The first kappa shape index (κ1) is 19.0. The van der Waals surface area contributed by atoms with Gasteiger partial charge in [-0.05, 0) is 36.4 Å². The fourth-order valence-corrected chi connectivity index (χ4v) is 4.41. The van der Waals surface area contributed by atoms with Crippen LogP contribution in [0.4, 0.5) is 0 Å². The van der Waals surface area contributed by atoms with Crippen molar-refractivity contribution >= 4 is 37.5 Å². The quantitative estimate of drug-likeness (QED) is 0.632. The summed E-state index contributed by atoms with van der Waals surface area (Å²) in [6.07, 6.45) is 5.45. The second-order valence-corrected chi connectivity index (χ2v) is 9.03. The monoisotopic (exact) mass is 399 g/mol. The minimum Gasteiger partial charge on any atom is -0.305 e. The molecule has 0 saturated carbocycles. The highest BCUT2D eigenvalue weighted by Crippen LogP contribution is 2.17. The van der Waals surface area contributed by atoms with Crippen molar-refractivity contribution in [1.82, 2.24) is 8.87 Å². The molecule has 1 aromatic heterocycles. The first-order valence-corrected chi connectivity index (χ1v) is 10.2. The summed E-state index contributed by atoms with van der Waals surface area (Å²) in [5, 5.41) is 0. The molecular weight excluding hydrogens is 382 g/mol. The number of nitrogens with zero attached hydrogens (tertiary/aromatic N) is 3. The van der Waals surface area contributed by atoms with E-state index in [9.17, 15) is 13.2 Å². The normalized spacial score (nSPS) is 12.4. The van der Waals surface area contributed by atoms with Crippen LogP contribution in [-0.4, -0.2) is 37.3 Å². The fraction of sp³-hybridized carbons (Fsp3) is 0.158. The maximum Gasteiger partial charge on any atom is 0.279 e. The zero-order valence-electron chi connectivity index (χ0n) is 14.8. The number of carbonyl (C=O) groups is 1. The molecule has 27 heavy (non-hydrogen) atoms. The van der Waals surface area contributed by atoms with Crippen molar-refractivity contribution < 1.29 is 13.2 Å². The molecule has 0 aliphatic heterocycles. The number of hydrogen-bond donors (Lipinski definition) is 0. The molecule has 3 rings (SSSR count). The molecule has 0 N–H and O–H groups in total. The zero-order chi connectivity index (χ0) is 19.6. The second kappa shape index (κ2) is 7.48. The minimum absolute atomic E-state index is 0.119. The van der Waals surface area contributed by atoms with Crippen molar-refractivity contribution in [1.29, 1.82) is 0 Å². The average Bonchev–Trinajstić information content (AvgIpc) is 2.99. The molecule has 0 fully saturated rings. The van der Waals surface area contributed by atoms with Crippen molar-refractivity contribution in [3.05, 3.63) is 58.9 Å². The van der Waals surface area contributed by atoms with Gasteiger partial charge in [0, 0.05) is 19.7 Å². The molecule has 2 aromatic carbocycles. The van der Waals surface area contributed by atoms with Crippen LogP contribution in [0.3, 0.4) is 0 Å². The molecule has 0 atom stereocenters. The largest absolute Gasteiger partial charge is 0.305 e. The van der Waals surface area contributed by atoms with E-state index in [4.69, 9.17) is 6.42 Å². The molecule has 0 aliphatic rings. The van der Waals surface area contributed by atoms with E-state index in [1.807, 2.05) is 28.8 Å². The number of rotatable bonds is 4. The maximum absolute atomic E-state index is 12.6. The molecule has 0 spiro atoms. The number of aromatic nitrogens is 1. The van der Waals surface area contributed by atoms with Gasteiger partial charge in [0.25, 0.3) is 5.91 Å². The van der Waals surface area contributed by atoms with E-state index < -0.39 is 15.9 Å². The van der Waals surface area contributed by atoms with Crippen molar-refractivity contribution in [2.45, 2.75) is 11.4 Å². The molecule has 8 heteroatoms. The Bertz CT molecular complexity index is 1210. The summed E-state index contributed by atoms with van der Waals surface area (Å²) < 4.78 is 28.1. The average molecular weight is 399 g/mol. The van der Waals surface area contributed by atoms with Gasteiger partial charge >= 0.3 is 0 Å². The van der Waals surface area contributed by atoms with Gasteiger partial charge in [0.2, 0.25) is 10.0 Å². The highest BCUT2D eigenvalue weighted by Gasteiger charge is 2.17. The van der Waals surface area contributed by atoms with Crippen LogP contribution in [-0.2, 0) is 16.6 Å². The third kappa shape index (κ3) is 3.71. The fourth-order valence-electron chi connectivity index (χ4n) is 2.48. The SMILES string of the molecule is C#CCn1c(=NC(=O)c2ccc(S(=O)(=O)N(C)C)cc2)sc2ccccc21. The highest BCUT2D eigenvalue weighted by atomic mass is 32.2. The third-order valence-electron chi connectivity index (χ3n) is 3.91. The predicted octanol–water partition coefficient (Wildman–Crippen LogP) is 2.33. The summed E-state index contributed by atoms with van der Waals surface area (Å²) >= 11 is 1.38. The molecular formula is C19H17N3O3S2. The van der Waals surface area contributed by atoms with Gasteiger partial charge in [-0.2, -0.15) is 4.99 Å². The molecule has 138 valence electrons. The van der Waals surface area contributed by atoms with Crippen molar-refractivity contribution in [3.63, 3.8) is 0 Å². The first-order chi connectivity index (χ1) is 12.8. The summed E-state index contributed by atoms with van der Waals surface area (Å²) in [4.78, 5) is 17.4. The van der Waals surface area contributed by atoms with Gasteiger partial charge < -0.3 is 4.57 Å². The lowest BCUT2D eigenvalue weighted by molar-refractivity contribution is 0.0998. The topological polar surface area (TPSA) is 71.7 Å². The number of carbonyl (C=O) groups excluding carboxylic acids is 1. The number of terminal acetylenes is 1. The van der Waals surface area contributed by atoms with E-state index >= 15 is 0 Å². The van der Waals surface area contributed by atoms with E-state index in [0.717, 1.165) is 14.5 Å². The Labute approximate surface area is 161 Å². The molecule has 0 saturated heterocycles. The Kier molecular flexibility index (Phi) is 5.28. The van der Waals surface area contributed by atoms with Gasteiger partial charge in [-0.15, -0.1) is 6.42 Å². The Morgan fingerprint density at radius 3 is 2.48 bits per heavy atom. The van der Waals surface area contributed by atoms with Crippen LogP contribution in [0, 0.1) is 12.3 Å². The standard InChI is InChI=1S/C19H17N3O3S2/c1-4-13-22-16-7-5-6-8-17(16)26-19(22)20-18(23)14-9-11-15(12-10-14)27(24,25)21(2)3/h1,5-12H,13H2,2-3H3. The molecule has 0 radical (unpaired) electrons. The van der Waals surface area contributed by atoms with Crippen LogP contribution >= 0.6 is 11.3 Å². The molecule has 6 nitrogen and oxygen atoms in total. The van der Waals surface area contributed by atoms with Crippen LogP contribution in [0.2, 0.25) is 0 Å². The predicted molar refractivity (Wildman–Crippen MR) is 106 cm³/mol. The van der Waals surface area contributed by atoms with Gasteiger partial charge in [0.15, 0.2) is 4.80 Å². The highest BCUT2D eigenvalue weighted by molar-refractivity contribution is 7.89. The summed E-state index contributed by atoms with van der Waals surface area (Å²) in [6, 6.07) is 13.4. The molecule has 0 aliphatic carbocycles. The maximum atomic E-state index is 12.6. The Morgan fingerprint density at radius 2 is 1.85 bits per heavy atom. The smallest absolute Gasteiger partial charge is 0.279 e. The number of benzene rings is 2. The Morgan fingerprint density at radius 1 is 1.19 bits per heavy atom. The van der Waals surface area contributed by atoms with E-state index in [1.165, 1.54) is 49.7 Å². The lowest BCUT2D eigenvalue weighted by atomic mass is 10.2. The van der Waals surface area contributed by atoms with E-state index in [1.54, 1.807) is 0 Å². The summed E-state index contributed by atoms with van der Waals surface area (Å²) in [6.45, 7) is 0.302. The Balaban J connectivity index is 2.02. The van der Waals surface area contributed by atoms with Crippen LogP contribution in [0.15, 0.2) is 58.4 Å². The van der Waals surface area contributed by atoms with Gasteiger partial charge in [-0.1, -0.05) is 29.4 Å². The number of thiazole rings is 1. The zero-order valence-corrected chi connectivity index (χ0v) is 16.4. The van der Waals surface area contributed by atoms with Crippen LogP contribution in [0.1, 0.15) is 10.4 Å². The number of fused-ring (bicyclic) bond motifs is 1. The van der Waals surface area contributed by atoms with Gasteiger partial charge in [0.05, 0.1) is 21.7 Å². The van der Waals surface area contributed by atoms with E-state index in [-0.39, 0.29) is 4.90 Å². The number of amides is 1. The summed E-state index contributed by atoms with van der Waals surface area (Å²) in [5.74, 6) is 2.12. The molecule has 0 bridgehead atoms. The van der Waals surface area contributed by atoms with Crippen LogP contribution < -0.4 is 4.80 Å². The summed E-state index contributed by atoms with van der Waals surface area (Å²) in [7, 11) is -0.635. The second-order valence-electron chi connectivity index (χ2n) is 5.87. The van der Waals surface area contributed by atoms with Gasteiger partial charge in [-0.3, -0.25) is 4.79 Å². The van der Waals surface area contributed by atoms with Crippen molar-refractivity contribution in [2.24, 2.45) is 4.99 Å². The lowest BCUT2D eigenvalue weighted by Crippen LogP contribution is -2.22. The number of hydrogen-bond acceptors (Lipinski definition) is 4. The molecule has 1 amide bonds. The Hall–Kier alpha value is -2.73. The summed E-state index contributed by atoms with van der Waals surface area (Å²) in [5.41, 5.74) is 1.22. The molecule has 1 heterocycles. The first-order valence-electron chi connectivity index (χ1n) is 7.98. The van der Waals surface area contributed by atoms with Gasteiger partial charge in [-0.25, -0.2) is 12.7 Å².